The van der Waals surface area contributed by atoms with Gasteiger partial charge in [0.2, 0.25) is 0 Å². The molecule has 1 fully saturated rings. The smallest absolute Gasteiger partial charge is 0.317 e. The first-order chi connectivity index (χ1) is 12.1. The number of halogens is 1. The van der Waals surface area contributed by atoms with Gasteiger partial charge >= 0.3 is 6.03 Å². The molecule has 4 nitrogen and oxygen atoms in total. The average molecular weight is 342 g/mol. The Morgan fingerprint density at radius 3 is 2.60 bits per heavy atom. The second kappa shape index (κ2) is 7.55. The van der Waals surface area contributed by atoms with Gasteiger partial charge in [0.05, 0.1) is 13.2 Å². The fourth-order valence-electron chi connectivity index (χ4n) is 2.96. The monoisotopic (exact) mass is 342 g/mol. The quantitative estimate of drug-likeness (QED) is 0.858. The van der Waals surface area contributed by atoms with Gasteiger partial charge in [-0.05, 0) is 42.0 Å². The van der Waals surface area contributed by atoms with E-state index in [9.17, 15) is 9.18 Å². The van der Waals surface area contributed by atoms with Crippen molar-refractivity contribution in [3.05, 3.63) is 65.5 Å². The van der Waals surface area contributed by atoms with E-state index in [0.29, 0.717) is 12.5 Å². The lowest BCUT2D eigenvalue weighted by molar-refractivity contribution is 0.201. The minimum atomic E-state index is -0.422. The van der Waals surface area contributed by atoms with Gasteiger partial charge in [0.15, 0.2) is 11.6 Å². The molecule has 0 radical (unpaired) electrons. The van der Waals surface area contributed by atoms with Crippen LogP contribution in [0.2, 0.25) is 0 Å². The lowest BCUT2D eigenvalue weighted by Gasteiger charge is -2.24. The first-order valence-corrected chi connectivity index (χ1v) is 8.47. The van der Waals surface area contributed by atoms with Gasteiger partial charge in [0, 0.05) is 13.6 Å². The van der Waals surface area contributed by atoms with Gasteiger partial charge in [0.1, 0.15) is 0 Å². The molecule has 1 unspecified atom stereocenters. The molecular weight excluding hydrogens is 319 g/mol. The Morgan fingerprint density at radius 2 is 2.00 bits per heavy atom. The van der Waals surface area contributed by atoms with E-state index >= 15 is 0 Å². The van der Waals surface area contributed by atoms with Crippen molar-refractivity contribution in [2.75, 3.05) is 14.2 Å². The van der Waals surface area contributed by atoms with E-state index in [1.807, 2.05) is 30.3 Å². The van der Waals surface area contributed by atoms with Crippen LogP contribution >= 0.6 is 0 Å². The number of nitrogens with one attached hydrogen (secondary N) is 1. The molecular formula is C20H23FN2O2. The molecule has 1 saturated carbocycles. The van der Waals surface area contributed by atoms with Gasteiger partial charge in [-0.25, -0.2) is 9.18 Å². The number of hydrogen-bond acceptors (Lipinski definition) is 2. The molecule has 2 aromatic carbocycles. The molecule has 2 aromatic rings. The summed E-state index contributed by atoms with van der Waals surface area (Å²) in [7, 11) is 3.14. The predicted molar refractivity (Wildman–Crippen MR) is 94.9 cm³/mol. The third kappa shape index (κ3) is 4.29. The van der Waals surface area contributed by atoms with Gasteiger partial charge in [-0.3, -0.25) is 0 Å². The average Bonchev–Trinajstić information content (AvgIpc) is 3.45. The van der Waals surface area contributed by atoms with E-state index < -0.39 is 5.82 Å². The molecule has 132 valence electrons. The predicted octanol–water partition coefficient (Wildman–Crippen LogP) is 4.13. The van der Waals surface area contributed by atoms with Crippen molar-refractivity contribution < 1.29 is 13.9 Å². The largest absolute Gasteiger partial charge is 0.494 e. The Bertz CT molecular complexity index is 732. The summed E-state index contributed by atoms with van der Waals surface area (Å²) in [5, 5.41) is 3.12. The molecule has 1 aliphatic carbocycles. The summed E-state index contributed by atoms with van der Waals surface area (Å²) in [6.07, 6.45) is 2.26. The van der Waals surface area contributed by atoms with Crippen molar-refractivity contribution >= 4 is 6.03 Å². The summed E-state index contributed by atoms with van der Waals surface area (Å²) in [6.45, 7) is 0.332. The Balaban J connectivity index is 1.64. The highest BCUT2D eigenvalue weighted by molar-refractivity contribution is 5.74. The van der Waals surface area contributed by atoms with Gasteiger partial charge in [-0.15, -0.1) is 0 Å². The van der Waals surface area contributed by atoms with Crippen LogP contribution in [0.4, 0.5) is 9.18 Å². The van der Waals surface area contributed by atoms with Crippen molar-refractivity contribution in [2.24, 2.45) is 5.92 Å². The molecule has 0 spiro atoms. The number of carbonyl (C=O) groups is 1. The van der Waals surface area contributed by atoms with Crippen LogP contribution in [0, 0.1) is 11.7 Å². The minimum absolute atomic E-state index is 0.0313. The highest BCUT2D eigenvalue weighted by Crippen LogP contribution is 2.41. The van der Waals surface area contributed by atoms with Crippen LogP contribution in [-0.2, 0) is 6.54 Å². The number of ether oxygens (including phenoxy) is 1. The molecule has 0 heterocycles. The van der Waals surface area contributed by atoms with Crippen LogP contribution in [0.3, 0.4) is 0 Å². The summed E-state index contributed by atoms with van der Waals surface area (Å²) >= 11 is 0. The maximum absolute atomic E-state index is 13.8. The normalized spacial score (nSPS) is 14.7. The Morgan fingerprint density at radius 1 is 1.28 bits per heavy atom. The highest BCUT2D eigenvalue weighted by Gasteiger charge is 2.33. The maximum Gasteiger partial charge on any atom is 0.317 e. The van der Waals surface area contributed by atoms with Crippen LogP contribution in [0.5, 0.6) is 5.75 Å². The number of nitrogens with zero attached hydrogens (tertiary/aromatic N) is 1. The SMILES string of the molecule is COc1ccc(CN(C)C(=O)NC(c2ccccc2)C2CC2)cc1F. The van der Waals surface area contributed by atoms with Crippen LogP contribution in [0.1, 0.15) is 30.0 Å². The molecule has 2 amide bonds. The summed E-state index contributed by atoms with van der Waals surface area (Å²) in [6, 6.07) is 14.7. The zero-order valence-electron chi connectivity index (χ0n) is 14.5. The van der Waals surface area contributed by atoms with Crippen molar-refractivity contribution in [2.45, 2.75) is 25.4 Å². The molecule has 25 heavy (non-hydrogen) atoms. The van der Waals surface area contributed by atoms with Crippen LogP contribution in [0.25, 0.3) is 0 Å². The molecule has 0 aromatic heterocycles. The highest BCUT2D eigenvalue weighted by atomic mass is 19.1. The molecule has 0 bridgehead atoms. The van der Waals surface area contributed by atoms with Gasteiger partial charge < -0.3 is 15.0 Å². The molecule has 1 N–H and O–H groups in total. The fourth-order valence-corrected chi connectivity index (χ4v) is 2.96. The van der Waals surface area contributed by atoms with Gasteiger partial charge in [-0.2, -0.15) is 0 Å². The number of benzene rings is 2. The van der Waals surface area contributed by atoms with E-state index in [-0.39, 0.29) is 17.8 Å². The fraction of sp³-hybridized carbons (Fsp3) is 0.350. The second-order valence-electron chi connectivity index (χ2n) is 6.50. The third-order valence-electron chi connectivity index (χ3n) is 4.51. The van der Waals surface area contributed by atoms with E-state index in [0.717, 1.165) is 24.0 Å². The number of rotatable bonds is 6. The van der Waals surface area contributed by atoms with E-state index in [2.05, 4.69) is 5.32 Å². The summed E-state index contributed by atoms with van der Waals surface area (Å²) in [5.74, 6) is 0.279. The lowest BCUT2D eigenvalue weighted by atomic mass is 10.0. The number of urea groups is 1. The summed E-state index contributed by atoms with van der Waals surface area (Å²) in [4.78, 5) is 14.1. The zero-order chi connectivity index (χ0) is 17.8. The lowest BCUT2D eigenvalue weighted by Crippen LogP contribution is -2.39. The molecule has 1 atom stereocenters. The van der Waals surface area contributed by atoms with E-state index in [1.165, 1.54) is 13.2 Å². The first kappa shape index (κ1) is 17.3. The second-order valence-corrected chi connectivity index (χ2v) is 6.50. The molecule has 0 saturated heterocycles. The molecule has 5 heteroatoms. The Hall–Kier alpha value is -2.56. The first-order valence-electron chi connectivity index (χ1n) is 8.47. The van der Waals surface area contributed by atoms with Crippen molar-refractivity contribution in [3.63, 3.8) is 0 Å². The van der Waals surface area contributed by atoms with Crippen LogP contribution < -0.4 is 10.1 Å². The van der Waals surface area contributed by atoms with Crippen molar-refractivity contribution in [3.8, 4) is 5.75 Å². The van der Waals surface area contributed by atoms with Gasteiger partial charge in [-0.1, -0.05) is 36.4 Å². The molecule has 3 rings (SSSR count). The Labute approximate surface area is 147 Å². The topological polar surface area (TPSA) is 41.6 Å². The van der Waals surface area contributed by atoms with Crippen molar-refractivity contribution in [1.82, 2.24) is 10.2 Å². The van der Waals surface area contributed by atoms with Crippen LogP contribution in [0.15, 0.2) is 48.5 Å². The zero-order valence-corrected chi connectivity index (χ0v) is 14.5. The number of amides is 2. The van der Waals surface area contributed by atoms with Gasteiger partial charge in [0.25, 0.3) is 0 Å². The number of methoxy groups -OCH3 is 1. The minimum Gasteiger partial charge on any atom is -0.494 e. The van der Waals surface area contributed by atoms with E-state index in [1.54, 1.807) is 24.1 Å². The van der Waals surface area contributed by atoms with Crippen LogP contribution in [-0.4, -0.2) is 25.1 Å². The standard InChI is InChI=1S/C20H23FN2O2/c1-23(13-14-8-11-18(25-2)17(21)12-14)20(24)22-19(16-9-10-16)15-6-4-3-5-7-15/h3-8,11-12,16,19H,9-10,13H2,1-2H3,(H,22,24). The molecule has 0 aliphatic heterocycles. The van der Waals surface area contributed by atoms with E-state index in [4.69, 9.17) is 4.74 Å². The third-order valence-corrected chi connectivity index (χ3v) is 4.51. The number of hydrogen-bond donors (Lipinski definition) is 1. The maximum atomic E-state index is 13.8. The summed E-state index contributed by atoms with van der Waals surface area (Å²) in [5.41, 5.74) is 1.85. The number of carbonyl (C=O) groups excluding carboxylic acids is 1. The summed E-state index contributed by atoms with van der Waals surface area (Å²) < 4.78 is 18.7. The molecule has 1 aliphatic rings. The van der Waals surface area contributed by atoms with Crippen molar-refractivity contribution in [1.29, 1.82) is 0 Å². The Kier molecular flexibility index (Phi) is 5.22.